The van der Waals surface area contributed by atoms with E-state index >= 15 is 0 Å². The Morgan fingerprint density at radius 2 is 2.19 bits per heavy atom. The number of anilines is 1. The summed E-state index contributed by atoms with van der Waals surface area (Å²) < 4.78 is 29.2. The maximum absolute atomic E-state index is 12.4. The molecule has 8 heteroatoms. The number of nitrogens with one attached hydrogen (secondary N) is 2. The molecule has 1 aromatic heterocycles. The Balaban J connectivity index is 1.68. The molecule has 2 N–H and O–H groups in total. The van der Waals surface area contributed by atoms with Gasteiger partial charge in [-0.15, -0.1) is 0 Å². The summed E-state index contributed by atoms with van der Waals surface area (Å²) in [5, 5.41) is 5.62. The number of hydrogen-bond acceptors (Lipinski definition) is 4. The van der Waals surface area contributed by atoms with Crippen molar-refractivity contribution in [1.82, 2.24) is 10.3 Å². The van der Waals surface area contributed by atoms with Crippen LogP contribution < -0.4 is 15.4 Å². The highest BCUT2D eigenvalue weighted by atomic mass is 19.3. The van der Waals surface area contributed by atoms with Gasteiger partial charge in [-0.25, -0.2) is 13.8 Å². The van der Waals surface area contributed by atoms with Crippen LogP contribution >= 0.6 is 0 Å². The minimum Gasteiger partial charge on any atom is -0.472 e. The van der Waals surface area contributed by atoms with Crippen molar-refractivity contribution in [1.29, 1.82) is 0 Å². The number of alkyl halides is 2. The van der Waals surface area contributed by atoms with E-state index in [1.807, 2.05) is 6.07 Å². The van der Waals surface area contributed by atoms with E-state index in [2.05, 4.69) is 15.6 Å². The fraction of sp³-hybridized carbons (Fsp3) is 0.278. The van der Waals surface area contributed by atoms with Gasteiger partial charge in [-0.3, -0.25) is 9.59 Å². The zero-order valence-electron chi connectivity index (χ0n) is 13.7. The molecule has 136 valence electrons. The Bertz CT molecular complexity index is 814. The van der Waals surface area contributed by atoms with Crippen LogP contribution in [0, 0.1) is 0 Å². The third kappa shape index (κ3) is 4.53. The minimum atomic E-state index is -2.62. The standard InChI is InChI=1S/C18H17F2N3O3/c19-15(20)10-26-17-9-12(6-7-21-17)18(25)22-13-3-1-2-11(8-13)14-4-5-16(24)23-14/h1-3,6-9,14-15H,4-5,10H2,(H,22,25)(H,23,24). The molecule has 2 amide bonds. The van der Waals surface area contributed by atoms with Gasteiger partial charge in [0, 0.05) is 29.9 Å². The summed E-state index contributed by atoms with van der Waals surface area (Å²) >= 11 is 0. The van der Waals surface area contributed by atoms with Gasteiger partial charge >= 0.3 is 0 Å². The highest BCUT2D eigenvalue weighted by molar-refractivity contribution is 6.04. The molecule has 1 saturated heterocycles. The lowest BCUT2D eigenvalue weighted by Gasteiger charge is -2.13. The lowest BCUT2D eigenvalue weighted by atomic mass is 10.0. The molecule has 0 spiro atoms. The molecule has 0 bridgehead atoms. The number of benzene rings is 1. The SMILES string of the molecule is O=C1CCC(c2cccc(NC(=O)c3ccnc(OCC(F)F)c3)c2)N1. The molecule has 2 aromatic rings. The van der Waals surface area contributed by atoms with Crippen molar-refractivity contribution >= 4 is 17.5 Å². The number of aromatic nitrogens is 1. The number of carbonyl (C=O) groups excluding carboxylic acids is 2. The summed E-state index contributed by atoms with van der Waals surface area (Å²) in [6, 6.07) is 9.91. The van der Waals surface area contributed by atoms with Gasteiger partial charge in [-0.1, -0.05) is 12.1 Å². The average Bonchev–Trinajstić information content (AvgIpc) is 3.07. The van der Waals surface area contributed by atoms with E-state index in [9.17, 15) is 18.4 Å². The summed E-state index contributed by atoms with van der Waals surface area (Å²) in [4.78, 5) is 27.5. The predicted octanol–water partition coefficient (Wildman–Crippen LogP) is 2.93. The van der Waals surface area contributed by atoms with Gasteiger partial charge < -0.3 is 15.4 Å². The summed E-state index contributed by atoms with van der Waals surface area (Å²) in [6.07, 6.45) is -0.0984. The van der Waals surface area contributed by atoms with Crippen LogP contribution in [0.1, 0.15) is 34.8 Å². The molecule has 0 aliphatic carbocycles. The zero-order valence-corrected chi connectivity index (χ0v) is 13.7. The second kappa shape index (κ2) is 7.90. The van der Waals surface area contributed by atoms with Gasteiger partial charge in [-0.05, 0) is 30.2 Å². The molecule has 1 fully saturated rings. The first-order valence-corrected chi connectivity index (χ1v) is 8.09. The van der Waals surface area contributed by atoms with Crippen LogP contribution in [0.3, 0.4) is 0 Å². The Kier molecular flexibility index (Phi) is 5.40. The van der Waals surface area contributed by atoms with Gasteiger partial charge in [0.05, 0.1) is 6.04 Å². The van der Waals surface area contributed by atoms with Crippen LogP contribution in [0.4, 0.5) is 14.5 Å². The maximum Gasteiger partial charge on any atom is 0.272 e. The fourth-order valence-electron chi connectivity index (χ4n) is 2.68. The number of halogens is 2. The van der Waals surface area contributed by atoms with Crippen molar-refractivity contribution in [2.75, 3.05) is 11.9 Å². The van der Waals surface area contributed by atoms with Crippen molar-refractivity contribution in [3.63, 3.8) is 0 Å². The van der Waals surface area contributed by atoms with Gasteiger partial charge in [0.1, 0.15) is 0 Å². The van der Waals surface area contributed by atoms with E-state index in [4.69, 9.17) is 4.74 Å². The molecule has 3 rings (SSSR count). The minimum absolute atomic E-state index is 0.0116. The summed E-state index contributed by atoms with van der Waals surface area (Å²) in [6.45, 7) is -0.784. The first-order chi connectivity index (χ1) is 12.5. The quantitative estimate of drug-likeness (QED) is 0.829. The van der Waals surface area contributed by atoms with Gasteiger partial charge in [-0.2, -0.15) is 0 Å². The van der Waals surface area contributed by atoms with Crippen LogP contribution in [0.15, 0.2) is 42.6 Å². The molecule has 1 atom stereocenters. The van der Waals surface area contributed by atoms with Gasteiger partial charge in [0.25, 0.3) is 12.3 Å². The Hall–Kier alpha value is -3.03. The molecule has 2 heterocycles. The predicted molar refractivity (Wildman–Crippen MR) is 90.2 cm³/mol. The van der Waals surface area contributed by atoms with E-state index < -0.39 is 18.9 Å². The normalized spacial score (nSPS) is 16.4. The number of ether oxygens (including phenoxy) is 1. The number of hydrogen-bond donors (Lipinski definition) is 2. The monoisotopic (exact) mass is 361 g/mol. The number of rotatable bonds is 6. The topological polar surface area (TPSA) is 80.3 Å². The van der Waals surface area contributed by atoms with Crippen LogP contribution in [0.25, 0.3) is 0 Å². The van der Waals surface area contributed by atoms with Crippen LogP contribution in [0.5, 0.6) is 5.88 Å². The molecule has 26 heavy (non-hydrogen) atoms. The van der Waals surface area contributed by atoms with E-state index in [0.717, 1.165) is 5.56 Å². The van der Waals surface area contributed by atoms with Gasteiger partial charge in [0.15, 0.2) is 6.61 Å². The molecule has 0 saturated carbocycles. The molecule has 0 radical (unpaired) electrons. The van der Waals surface area contributed by atoms with E-state index in [1.165, 1.54) is 18.3 Å². The molecule has 1 aliphatic heterocycles. The highest BCUT2D eigenvalue weighted by Gasteiger charge is 2.22. The number of amides is 2. The van der Waals surface area contributed by atoms with Crippen molar-refractivity contribution in [3.8, 4) is 5.88 Å². The Morgan fingerprint density at radius 3 is 2.92 bits per heavy atom. The third-order valence-corrected chi connectivity index (χ3v) is 3.90. The smallest absolute Gasteiger partial charge is 0.272 e. The number of pyridine rings is 1. The molecule has 1 unspecified atom stereocenters. The van der Waals surface area contributed by atoms with E-state index in [1.54, 1.807) is 18.2 Å². The molecular formula is C18H17F2N3O3. The molecule has 6 nitrogen and oxygen atoms in total. The van der Waals surface area contributed by atoms with Crippen LogP contribution in [-0.2, 0) is 4.79 Å². The van der Waals surface area contributed by atoms with Gasteiger partial charge in [0.2, 0.25) is 11.8 Å². The molecule has 1 aromatic carbocycles. The first kappa shape index (κ1) is 17.8. The molecule has 1 aliphatic rings. The maximum atomic E-state index is 12.4. The molecular weight excluding hydrogens is 344 g/mol. The fourth-order valence-corrected chi connectivity index (χ4v) is 2.68. The Labute approximate surface area is 148 Å². The van der Waals surface area contributed by atoms with Crippen molar-refractivity contribution in [3.05, 3.63) is 53.7 Å². The summed E-state index contributed by atoms with van der Waals surface area (Å²) in [7, 11) is 0. The third-order valence-electron chi connectivity index (χ3n) is 3.90. The van der Waals surface area contributed by atoms with Crippen LogP contribution in [-0.4, -0.2) is 29.8 Å². The summed E-state index contributed by atoms with van der Waals surface area (Å²) in [5.41, 5.74) is 1.72. The van der Waals surface area contributed by atoms with Crippen molar-refractivity contribution in [2.45, 2.75) is 25.3 Å². The van der Waals surface area contributed by atoms with Crippen molar-refractivity contribution < 1.29 is 23.1 Å². The summed E-state index contributed by atoms with van der Waals surface area (Å²) in [5.74, 6) is -0.445. The van der Waals surface area contributed by atoms with E-state index in [-0.39, 0.29) is 23.4 Å². The largest absolute Gasteiger partial charge is 0.472 e. The lowest BCUT2D eigenvalue weighted by molar-refractivity contribution is -0.119. The van der Waals surface area contributed by atoms with Crippen LogP contribution in [0.2, 0.25) is 0 Å². The number of nitrogens with zero attached hydrogens (tertiary/aromatic N) is 1. The second-order valence-electron chi connectivity index (χ2n) is 5.82. The highest BCUT2D eigenvalue weighted by Crippen LogP contribution is 2.26. The first-order valence-electron chi connectivity index (χ1n) is 8.09. The Morgan fingerprint density at radius 1 is 1.35 bits per heavy atom. The average molecular weight is 361 g/mol. The van der Waals surface area contributed by atoms with E-state index in [0.29, 0.717) is 18.5 Å². The van der Waals surface area contributed by atoms with Crippen molar-refractivity contribution in [2.24, 2.45) is 0 Å². The number of carbonyl (C=O) groups is 2. The zero-order chi connectivity index (χ0) is 18.5. The second-order valence-corrected chi connectivity index (χ2v) is 5.82. The lowest BCUT2D eigenvalue weighted by Crippen LogP contribution is -2.18.